The lowest BCUT2D eigenvalue weighted by molar-refractivity contribution is -0.146. The minimum absolute atomic E-state index is 0. The van der Waals surface area contributed by atoms with Crippen LogP contribution in [-0.4, -0.2) is 55.9 Å². The molecule has 0 bridgehead atoms. The lowest BCUT2D eigenvalue weighted by Crippen LogP contribution is -2.08. The molecule has 7 nitrogen and oxygen atoms in total. The number of aliphatic hydroxyl groups is 1. The lowest BCUT2D eigenvalue weighted by atomic mass is 10.5. The molecule has 0 heterocycles. The molecule has 0 saturated carbocycles. The first kappa shape index (κ1) is 67.4. The first-order chi connectivity index (χ1) is 7.04. The van der Waals surface area contributed by atoms with Crippen molar-refractivity contribution in [2.24, 2.45) is 0 Å². The molecule has 0 unspecified atom stereocenters. The minimum atomic E-state index is -0.984. The van der Waals surface area contributed by atoms with Crippen molar-refractivity contribution in [3.05, 3.63) is 0 Å². The number of carboxylic acid groups (broad SMARTS) is 1. The van der Waals surface area contributed by atoms with Crippen LogP contribution in [0.5, 0.6) is 0 Å². The molecule has 0 aromatic rings. The van der Waals surface area contributed by atoms with Gasteiger partial charge in [-0.3, -0.25) is 4.79 Å². The summed E-state index contributed by atoms with van der Waals surface area (Å²) < 4.78 is 13.1. The van der Waals surface area contributed by atoms with Gasteiger partial charge >= 0.3 is 5.97 Å². The second-order valence-corrected chi connectivity index (χ2v) is 2.33. The van der Waals surface area contributed by atoms with Crippen molar-refractivity contribution >= 4 is 11.8 Å². The summed E-state index contributed by atoms with van der Waals surface area (Å²) in [5.41, 5.74) is 0. The van der Waals surface area contributed by atoms with Crippen LogP contribution < -0.4 is 0 Å². The molecule has 0 aromatic heterocycles. The van der Waals surface area contributed by atoms with Crippen LogP contribution in [0.25, 0.3) is 0 Å². The van der Waals surface area contributed by atoms with Crippen molar-refractivity contribution in [1.29, 1.82) is 0 Å². The first-order valence-electron chi connectivity index (χ1n) is 4.01. The molecule has 0 saturated heterocycles. The van der Waals surface area contributed by atoms with Crippen LogP contribution in [0.3, 0.4) is 0 Å². The van der Waals surface area contributed by atoms with Crippen molar-refractivity contribution < 1.29 is 34.0 Å². The van der Waals surface area contributed by atoms with Gasteiger partial charge in [0.15, 0.2) is 5.78 Å². The summed E-state index contributed by atoms with van der Waals surface area (Å²) in [4.78, 5) is 19.7. The van der Waals surface area contributed by atoms with E-state index < -0.39 is 5.97 Å². The highest BCUT2D eigenvalue weighted by Crippen LogP contribution is 1.72. The Hall–Kier alpha value is -1.02. The number of methoxy groups -OCH3 is 1. The fourth-order valence-corrected chi connectivity index (χ4v) is 0.402. The van der Waals surface area contributed by atoms with Gasteiger partial charge in [-0.1, -0.05) is 59.4 Å². The van der Waals surface area contributed by atoms with Crippen molar-refractivity contribution in [3.63, 3.8) is 0 Å². The van der Waals surface area contributed by atoms with E-state index in [0.717, 1.165) is 0 Å². The maximum absolute atomic E-state index is 9.97. The number of carboxylic acids is 1. The number of carbonyl (C=O) groups is 2. The average Bonchev–Trinajstić information content (AvgIpc) is 2.15. The summed E-state index contributed by atoms with van der Waals surface area (Å²) in [5, 5.41) is 15.9. The standard InChI is InChI=1S/C4H8O4.C4H8O3.8CH4/c1-7-3-8-2-4(5)6;1-4(6)2-7-3-5;;;;;;;;/h2-3H2,1H3,(H,5,6);5H,2-3H2,1H3;8*1H4. The van der Waals surface area contributed by atoms with Crippen LogP contribution >= 0.6 is 0 Å². The van der Waals surface area contributed by atoms with Crippen LogP contribution in [0, 0.1) is 0 Å². The highest BCUT2D eigenvalue weighted by molar-refractivity contribution is 5.76. The molecule has 0 aliphatic carbocycles. The molecule has 2 N–H and O–H groups in total. The zero-order chi connectivity index (χ0) is 12.1. The molecule has 0 aliphatic heterocycles. The molecule has 0 amide bonds. The average molecular weight is 353 g/mol. The molecular formula is C16H48O7. The summed E-state index contributed by atoms with van der Waals surface area (Å²) in [6.07, 6.45) is 0. The first-order valence-corrected chi connectivity index (χ1v) is 4.01. The summed E-state index contributed by atoms with van der Waals surface area (Å²) >= 11 is 0. The van der Waals surface area contributed by atoms with Crippen LogP contribution in [0.4, 0.5) is 0 Å². The maximum Gasteiger partial charge on any atom is 0.329 e. The van der Waals surface area contributed by atoms with Gasteiger partial charge in [0.1, 0.15) is 26.8 Å². The second kappa shape index (κ2) is 58.4. The monoisotopic (exact) mass is 352 g/mol. The largest absolute Gasteiger partial charge is 0.480 e. The third-order valence-corrected chi connectivity index (χ3v) is 0.823. The molecular weight excluding hydrogens is 304 g/mol. The number of carbonyl (C=O) groups excluding carboxylic acids is 1. The van der Waals surface area contributed by atoms with Crippen molar-refractivity contribution in [1.82, 2.24) is 0 Å². The molecule has 7 heteroatoms. The van der Waals surface area contributed by atoms with Crippen LogP contribution in [0.1, 0.15) is 66.3 Å². The molecule has 0 atom stereocenters. The zero-order valence-corrected chi connectivity index (χ0v) is 8.76. The van der Waals surface area contributed by atoms with E-state index in [0.29, 0.717) is 0 Å². The zero-order valence-electron chi connectivity index (χ0n) is 8.76. The van der Waals surface area contributed by atoms with Gasteiger partial charge in [-0.2, -0.15) is 0 Å². The molecule has 0 aromatic carbocycles. The highest BCUT2D eigenvalue weighted by Gasteiger charge is 1.92. The van der Waals surface area contributed by atoms with Gasteiger partial charge in [0.05, 0.1) is 0 Å². The van der Waals surface area contributed by atoms with Crippen LogP contribution in [-0.2, 0) is 23.8 Å². The van der Waals surface area contributed by atoms with Gasteiger partial charge in [0.2, 0.25) is 0 Å². The Balaban J connectivity index is -0.0000000137. The number of Topliss-reactive ketones (excluding diaryl/α,β-unsaturated/α-hetero) is 1. The predicted molar refractivity (Wildman–Crippen MR) is 103 cm³/mol. The van der Waals surface area contributed by atoms with E-state index in [1.54, 1.807) is 0 Å². The number of ether oxygens (including phenoxy) is 3. The van der Waals surface area contributed by atoms with Crippen molar-refractivity contribution in [2.45, 2.75) is 66.3 Å². The molecule has 23 heavy (non-hydrogen) atoms. The Morgan fingerprint density at radius 1 is 0.826 bits per heavy atom. The molecule has 0 spiro atoms. The summed E-state index contributed by atoms with van der Waals surface area (Å²) in [6, 6.07) is 0. The third kappa shape index (κ3) is 119. The molecule has 0 fully saturated rings. The molecule has 154 valence electrons. The highest BCUT2D eigenvalue weighted by atomic mass is 16.7. The summed E-state index contributed by atoms with van der Waals surface area (Å²) in [6.45, 7) is 0.770. The van der Waals surface area contributed by atoms with Gasteiger partial charge in [-0.15, -0.1) is 0 Å². The normalized spacial score (nSPS) is 5.87. The Labute approximate surface area is 147 Å². The second-order valence-electron chi connectivity index (χ2n) is 2.33. The predicted octanol–water partition coefficient (Wildman–Crippen LogP) is 4.32. The van der Waals surface area contributed by atoms with E-state index in [4.69, 9.17) is 10.2 Å². The van der Waals surface area contributed by atoms with E-state index >= 15 is 0 Å². The summed E-state index contributed by atoms with van der Waals surface area (Å²) in [5.74, 6) is -1.06. The fraction of sp³-hybridized carbons (Fsp3) is 0.875. The Morgan fingerprint density at radius 2 is 1.22 bits per heavy atom. The van der Waals surface area contributed by atoms with Gasteiger partial charge in [-0.25, -0.2) is 4.79 Å². The number of aliphatic hydroxyl groups excluding tert-OH is 1. The minimum Gasteiger partial charge on any atom is -0.480 e. The fourth-order valence-electron chi connectivity index (χ4n) is 0.402. The number of ketones is 1. The number of hydrogen-bond acceptors (Lipinski definition) is 6. The van der Waals surface area contributed by atoms with Gasteiger partial charge in [-0.05, 0) is 6.92 Å². The Kier molecular flexibility index (Phi) is 171. The number of rotatable bonds is 7. The van der Waals surface area contributed by atoms with Crippen LogP contribution in [0.15, 0.2) is 0 Å². The van der Waals surface area contributed by atoms with Crippen molar-refractivity contribution in [2.75, 3.05) is 33.9 Å². The van der Waals surface area contributed by atoms with E-state index in [-0.39, 0.29) is 92.0 Å². The van der Waals surface area contributed by atoms with Crippen molar-refractivity contribution in [3.8, 4) is 0 Å². The molecule has 0 aliphatic rings. The lowest BCUT2D eigenvalue weighted by Gasteiger charge is -1.95. The Morgan fingerprint density at radius 3 is 1.39 bits per heavy atom. The Bertz CT molecular complexity index is 174. The van der Waals surface area contributed by atoms with E-state index in [1.165, 1.54) is 14.0 Å². The topological polar surface area (TPSA) is 102 Å². The van der Waals surface area contributed by atoms with E-state index in [9.17, 15) is 9.59 Å². The molecule has 0 radical (unpaired) electrons. The van der Waals surface area contributed by atoms with E-state index in [1.807, 2.05) is 0 Å². The maximum atomic E-state index is 9.97. The third-order valence-electron chi connectivity index (χ3n) is 0.823. The van der Waals surface area contributed by atoms with Crippen LogP contribution in [0.2, 0.25) is 0 Å². The summed E-state index contributed by atoms with van der Waals surface area (Å²) in [7, 11) is 1.43. The molecule has 0 rings (SSSR count). The smallest absolute Gasteiger partial charge is 0.329 e. The SMILES string of the molecule is C.C.C.C.C.C.C.C.CC(=O)COCO.COCOCC(=O)O. The van der Waals surface area contributed by atoms with Gasteiger partial charge < -0.3 is 24.4 Å². The van der Waals surface area contributed by atoms with E-state index in [2.05, 4.69) is 14.2 Å². The number of aliphatic carboxylic acids is 1. The van der Waals surface area contributed by atoms with Gasteiger partial charge in [0.25, 0.3) is 0 Å². The van der Waals surface area contributed by atoms with Gasteiger partial charge in [0, 0.05) is 7.11 Å². The quantitative estimate of drug-likeness (QED) is 0.519. The number of hydrogen-bond donors (Lipinski definition) is 2.